The molecule has 0 spiro atoms. The summed E-state index contributed by atoms with van der Waals surface area (Å²) in [7, 11) is 1.53. The molecule has 35 heavy (non-hydrogen) atoms. The van der Waals surface area contributed by atoms with Crippen molar-refractivity contribution in [2.75, 3.05) is 13.7 Å². The van der Waals surface area contributed by atoms with Gasteiger partial charge in [-0.3, -0.25) is 24.9 Å². The van der Waals surface area contributed by atoms with Crippen LogP contribution in [-0.4, -0.2) is 46.4 Å². The zero-order valence-corrected chi connectivity index (χ0v) is 18.6. The molecule has 1 saturated heterocycles. The minimum Gasteiger partial charge on any atom is -0.497 e. The molecule has 5 heterocycles. The maximum atomic E-state index is 13.2. The molecule has 4 aromatic rings. The number of carbonyl (C=O) groups excluding carboxylic acids is 3. The van der Waals surface area contributed by atoms with E-state index in [2.05, 4.69) is 20.6 Å². The van der Waals surface area contributed by atoms with Gasteiger partial charge in [0.05, 0.1) is 19.3 Å². The van der Waals surface area contributed by atoms with Crippen LogP contribution >= 0.6 is 0 Å². The van der Waals surface area contributed by atoms with Gasteiger partial charge in [0.15, 0.2) is 5.54 Å². The molecule has 0 bridgehead atoms. The Kier molecular flexibility index (Phi) is 4.56. The number of carbonyl (C=O) groups is 3. The fraction of sp³-hybridized carbons (Fsp3) is 0.160. The predicted octanol–water partition coefficient (Wildman–Crippen LogP) is 2.59. The van der Waals surface area contributed by atoms with Gasteiger partial charge >= 0.3 is 6.03 Å². The monoisotopic (exact) mass is 469 g/mol. The number of pyridine rings is 2. The van der Waals surface area contributed by atoms with Crippen LogP contribution in [0.2, 0.25) is 0 Å². The molecule has 10 heteroatoms. The molecule has 10 nitrogen and oxygen atoms in total. The van der Waals surface area contributed by atoms with Crippen molar-refractivity contribution in [3.05, 3.63) is 77.9 Å². The van der Waals surface area contributed by atoms with Gasteiger partial charge in [-0.1, -0.05) is 6.07 Å². The van der Waals surface area contributed by atoms with Crippen LogP contribution in [0.1, 0.15) is 21.7 Å². The third-order valence-corrected chi connectivity index (χ3v) is 6.36. The first kappa shape index (κ1) is 20.8. The average molecular weight is 469 g/mol. The summed E-state index contributed by atoms with van der Waals surface area (Å²) in [6.07, 6.45) is 4.98. The van der Waals surface area contributed by atoms with Gasteiger partial charge in [-0.2, -0.15) is 0 Å². The smallest absolute Gasteiger partial charge is 0.322 e. The first-order chi connectivity index (χ1) is 17.0. The molecule has 6 rings (SSSR count). The molecule has 1 aromatic carbocycles. The molecule has 1 atom stereocenters. The van der Waals surface area contributed by atoms with Gasteiger partial charge < -0.3 is 19.4 Å². The van der Waals surface area contributed by atoms with E-state index in [-0.39, 0.29) is 24.8 Å². The predicted molar refractivity (Wildman–Crippen MR) is 123 cm³/mol. The summed E-state index contributed by atoms with van der Waals surface area (Å²) in [6.45, 7) is 0.182. The van der Waals surface area contributed by atoms with Crippen LogP contribution in [0, 0.1) is 0 Å². The number of benzene rings is 1. The molecular weight excluding hydrogens is 450 g/mol. The van der Waals surface area contributed by atoms with Gasteiger partial charge in [0.1, 0.15) is 17.1 Å². The maximum absolute atomic E-state index is 13.2. The van der Waals surface area contributed by atoms with E-state index in [0.717, 1.165) is 11.1 Å². The Bertz CT molecular complexity index is 1520. The number of ether oxygens (including phenoxy) is 1. The number of nitrogens with zero attached hydrogens (tertiary/aromatic N) is 3. The van der Waals surface area contributed by atoms with Crippen LogP contribution in [-0.2, 0) is 16.9 Å². The lowest BCUT2D eigenvalue weighted by Crippen LogP contribution is -2.52. The van der Waals surface area contributed by atoms with E-state index in [1.807, 2.05) is 18.2 Å². The van der Waals surface area contributed by atoms with Gasteiger partial charge in [-0.25, -0.2) is 4.79 Å². The minimum atomic E-state index is -1.59. The van der Waals surface area contributed by atoms with Crippen molar-refractivity contribution in [2.24, 2.45) is 0 Å². The Morgan fingerprint density at radius 3 is 2.69 bits per heavy atom. The molecule has 3 aromatic heterocycles. The van der Waals surface area contributed by atoms with Crippen molar-refractivity contribution in [3.63, 3.8) is 0 Å². The standard InChI is InChI=1S/C25H19N5O5/c1-34-17-3-2-15-12-30(22(31)18(15)9-17)13-25(23(32)28-24(33)29-25)21-8-16-11-27-19(10-20(16)35-21)14-4-6-26-7-5-14/h2-11H,12-13H2,1H3,(H2,28,29,32,33)/t25-/m0/s1. The molecule has 2 aliphatic rings. The van der Waals surface area contributed by atoms with Crippen LogP contribution in [0.3, 0.4) is 0 Å². The second-order valence-corrected chi connectivity index (χ2v) is 8.45. The number of rotatable bonds is 5. The molecule has 0 unspecified atom stereocenters. The lowest BCUT2D eigenvalue weighted by Gasteiger charge is -2.29. The van der Waals surface area contributed by atoms with Crippen molar-refractivity contribution in [1.29, 1.82) is 0 Å². The fourth-order valence-corrected chi connectivity index (χ4v) is 4.56. The van der Waals surface area contributed by atoms with Gasteiger partial charge in [-0.05, 0) is 35.9 Å². The van der Waals surface area contributed by atoms with E-state index in [4.69, 9.17) is 9.15 Å². The van der Waals surface area contributed by atoms with Crippen molar-refractivity contribution in [1.82, 2.24) is 25.5 Å². The summed E-state index contributed by atoms with van der Waals surface area (Å²) in [5, 5.41) is 5.64. The highest BCUT2D eigenvalue weighted by atomic mass is 16.5. The zero-order chi connectivity index (χ0) is 24.2. The number of aromatic nitrogens is 2. The van der Waals surface area contributed by atoms with E-state index in [9.17, 15) is 14.4 Å². The summed E-state index contributed by atoms with van der Waals surface area (Å²) in [5.41, 5.74) is 1.75. The van der Waals surface area contributed by atoms with Gasteiger partial charge in [0, 0.05) is 47.7 Å². The average Bonchev–Trinajstić information content (AvgIpc) is 3.53. The fourth-order valence-electron chi connectivity index (χ4n) is 4.56. The maximum Gasteiger partial charge on any atom is 0.322 e. The second-order valence-electron chi connectivity index (χ2n) is 8.45. The number of amides is 4. The van der Waals surface area contributed by atoms with Crippen molar-refractivity contribution >= 4 is 28.8 Å². The molecule has 1 fully saturated rings. The van der Waals surface area contributed by atoms with E-state index < -0.39 is 17.5 Å². The Morgan fingerprint density at radius 1 is 1.11 bits per heavy atom. The number of nitrogens with one attached hydrogen (secondary N) is 2. The van der Waals surface area contributed by atoms with Gasteiger partial charge in [0.25, 0.3) is 11.8 Å². The number of hydrogen-bond donors (Lipinski definition) is 2. The lowest BCUT2D eigenvalue weighted by atomic mass is 9.95. The molecule has 0 saturated carbocycles. The molecule has 174 valence electrons. The molecular formula is C25H19N5O5. The van der Waals surface area contributed by atoms with E-state index in [1.165, 1.54) is 12.0 Å². The van der Waals surface area contributed by atoms with Crippen molar-refractivity contribution < 1.29 is 23.5 Å². The Morgan fingerprint density at radius 2 is 1.94 bits per heavy atom. The first-order valence-corrected chi connectivity index (χ1v) is 10.9. The van der Waals surface area contributed by atoms with Gasteiger partial charge in [-0.15, -0.1) is 0 Å². The number of urea groups is 1. The van der Waals surface area contributed by atoms with Crippen molar-refractivity contribution in [3.8, 4) is 17.0 Å². The van der Waals surface area contributed by atoms with E-state index >= 15 is 0 Å². The third-order valence-electron chi connectivity index (χ3n) is 6.36. The quantitative estimate of drug-likeness (QED) is 0.430. The molecule has 0 aliphatic carbocycles. The Hall–Kier alpha value is -4.73. The highest BCUT2D eigenvalue weighted by Crippen LogP contribution is 2.35. The van der Waals surface area contributed by atoms with E-state index in [0.29, 0.717) is 28.0 Å². The van der Waals surface area contributed by atoms with Crippen LogP contribution in [0.4, 0.5) is 4.79 Å². The topological polar surface area (TPSA) is 127 Å². The normalized spacial score (nSPS) is 19.1. The summed E-state index contributed by atoms with van der Waals surface area (Å²) in [6, 6.07) is 11.7. The highest BCUT2D eigenvalue weighted by molar-refractivity contribution is 6.08. The van der Waals surface area contributed by atoms with Crippen LogP contribution in [0.15, 0.2) is 65.5 Å². The Labute approximate surface area is 198 Å². The summed E-state index contributed by atoms with van der Waals surface area (Å²) in [4.78, 5) is 48.5. The number of hydrogen-bond acceptors (Lipinski definition) is 7. The van der Waals surface area contributed by atoms with Crippen molar-refractivity contribution in [2.45, 2.75) is 12.1 Å². The van der Waals surface area contributed by atoms with Crippen LogP contribution in [0.5, 0.6) is 5.75 Å². The molecule has 0 radical (unpaired) electrons. The third kappa shape index (κ3) is 3.30. The van der Waals surface area contributed by atoms with Crippen LogP contribution < -0.4 is 15.4 Å². The van der Waals surface area contributed by atoms with E-state index in [1.54, 1.807) is 42.9 Å². The largest absolute Gasteiger partial charge is 0.497 e. The molecule has 2 aliphatic heterocycles. The summed E-state index contributed by atoms with van der Waals surface area (Å²) in [5.74, 6) is -0.0728. The highest BCUT2D eigenvalue weighted by Gasteiger charge is 2.53. The first-order valence-electron chi connectivity index (χ1n) is 10.9. The zero-order valence-electron chi connectivity index (χ0n) is 18.6. The van der Waals surface area contributed by atoms with Gasteiger partial charge in [0.2, 0.25) is 0 Å². The minimum absolute atomic E-state index is 0.106. The number of fused-ring (bicyclic) bond motifs is 2. The number of imide groups is 1. The number of furan rings is 1. The molecule has 2 N–H and O–H groups in total. The van der Waals surface area contributed by atoms with Crippen LogP contribution in [0.25, 0.3) is 22.2 Å². The SMILES string of the molecule is COc1ccc2c(c1)C(=O)N(C[C@@]1(c3cc4cnc(-c5ccncc5)cc4o3)NC(=O)NC1=O)C2. The lowest BCUT2D eigenvalue weighted by molar-refractivity contribution is -0.125. The summed E-state index contributed by atoms with van der Waals surface area (Å²) >= 11 is 0. The Balaban J connectivity index is 1.38. The summed E-state index contributed by atoms with van der Waals surface area (Å²) < 4.78 is 11.3. The second kappa shape index (κ2) is 7.66. The molecule has 4 amide bonds. The number of methoxy groups -OCH3 is 1.